The first-order valence-electron chi connectivity index (χ1n) is 7.10. The third kappa shape index (κ3) is 3.31. The molecule has 0 saturated carbocycles. The molecule has 1 aliphatic rings. The fourth-order valence-electron chi connectivity index (χ4n) is 2.46. The minimum absolute atomic E-state index is 0.00255. The predicted octanol–water partition coefficient (Wildman–Crippen LogP) is 3.14. The van der Waals surface area contributed by atoms with Crippen molar-refractivity contribution < 1.29 is 0 Å². The summed E-state index contributed by atoms with van der Waals surface area (Å²) >= 11 is 7.74. The maximum atomic E-state index is 6.06. The lowest BCUT2D eigenvalue weighted by molar-refractivity contribution is 0.650. The normalized spacial score (nSPS) is 17.1. The summed E-state index contributed by atoms with van der Waals surface area (Å²) in [6, 6.07) is 8.04. The summed E-state index contributed by atoms with van der Waals surface area (Å²) < 4.78 is 0. The van der Waals surface area contributed by atoms with Crippen molar-refractivity contribution in [3.8, 4) is 0 Å². The molecule has 1 aromatic heterocycles. The monoisotopic (exact) mass is 322 g/mol. The number of rotatable bonds is 3. The topological polar surface area (TPSA) is 45.4 Å². The average molecular weight is 323 g/mol. The lowest BCUT2D eigenvalue weighted by atomic mass is 10.2. The molecule has 2 aromatic rings. The van der Waals surface area contributed by atoms with E-state index in [9.17, 15) is 0 Å². The predicted molar refractivity (Wildman–Crippen MR) is 90.6 cm³/mol. The third-order valence-electron chi connectivity index (χ3n) is 3.70. The van der Waals surface area contributed by atoms with Gasteiger partial charge in [-0.2, -0.15) is 0 Å². The maximum Gasteiger partial charge on any atom is 0.185 e. The van der Waals surface area contributed by atoms with Gasteiger partial charge in [-0.05, 0) is 25.1 Å². The zero-order chi connectivity index (χ0) is 14.8. The summed E-state index contributed by atoms with van der Waals surface area (Å²) in [5.41, 5.74) is 8.04. The molecule has 2 heterocycles. The smallest absolute Gasteiger partial charge is 0.185 e. The Bertz CT molecular complexity index is 605. The molecule has 0 bridgehead atoms. The van der Waals surface area contributed by atoms with Crippen molar-refractivity contribution in [1.82, 2.24) is 4.98 Å². The molecule has 21 heavy (non-hydrogen) atoms. The molecule has 6 heteroatoms. The summed E-state index contributed by atoms with van der Waals surface area (Å²) in [6.07, 6.45) is 0. The first-order chi connectivity index (χ1) is 10.1. The number of halogens is 1. The Kier molecular flexibility index (Phi) is 4.33. The molecule has 0 aliphatic carbocycles. The minimum Gasteiger partial charge on any atom is -0.368 e. The minimum atomic E-state index is 0.00255. The molecule has 0 spiro atoms. The molecule has 1 aliphatic heterocycles. The van der Waals surface area contributed by atoms with Crippen LogP contribution >= 0.6 is 22.9 Å². The number of thiazole rings is 1. The second-order valence-corrected chi connectivity index (χ2v) is 6.57. The molecule has 0 amide bonds. The van der Waals surface area contributed by atoms with Crippen LogP contribution in [0.2, 0.25) is 5.02 Å². The quantitative estimate of drug-likeness (QED) is 0.943. The van der Waals surface area contributed by atoms with Gasteiger partial charge < -0.3 is 15.5 Å². The van der Waals surface area contributed by atoms with Gasteiger partial charge in [0.05, 0.1) is 5.69 Å². The first-order valence-corrected chi connectivity index (χ1v) is 8.36. The number of piperazine rings is 1. The molecule has 112 valence electrons. The number of aromatic nitrogens is 1. The molecule has 1 aromatic carbocycles. The van der Waals surface area contributed by atoms with E-state index >= 15 is 0 Å². The summed E-state index contributed by atoms with van der Waals surface area (Å²) in [6.45, 7) is 5.87. The molecule has 0 radical (unpaired) electrons. The van der Waals surface area contributed by atoms with Gasteiger partial charge in [-0.3, -0.25) is 0 Å². The van der Waals surface area contributed by atoms with E-state index in [4.69, 9.17) is 17.3 Å². The molecule has 1 unspecified atom stereocenters. The van der Waals surface area contributed by atoms with Crippen LogP contribution in [0, 0.1) is 0 Å². The number of nitrogens with zero attached hydrogens (tertiary/aromatic N) is 3. The van der Waals surface area contributed by atoms with Crippen LogP contribution in [0.25, 0.3) is 0 Å². The lowest BCUT2D eigenvalue weighted by Crippen LogP contribution is -2.46. The average Bonchev–Trinajstić information content (AvgIpc) is 2.97. The van der Waals surface area contributed by atoms with Crippen LogP contribution in [0.4, 0.5) is 10.8 Å². The van der Waals surface area contributed by atoms with Gasteiger partial charge in [0.2, 0.25) is 0 Å². The van der Waals surface area contributed by atoms with Crippen LogP contribution < -0.4 is 15.5 Å². The molecule has 1 atom stereocenters. The summed E-state index contributed by atoms with van der Waals surface area (Å²) in [5.74, 6) is 0. The van der Waals surface area contributed by atoms with Crippen LogP contribution in [0.3, 0.4) is 0 Å². The highest BCUT2D eigenvalue weighted by molar-refractivity contribution is 7.13. The van der Waals surface area contributed by atoms with Crippen molar-refractivity contribution in [3.63, 3.8) is 0 Å². The van der Waals surface area contributed by atoms with Gasteiger partial charge in [0.15, 0.2) is 5.13 Å². The van der Waals surface area contributed by atoms with Gasteiger partial charge in [-0.15, -0.1) is 11.3 Å². The zero-order valence-electron chi connectivity index (χ0n) is 12.0. The number of benzene rings is 1. The highest BCUT2D eigenvalue weighted by atomic mass is 35.5. The maximum absolute atomic E-state index is 6.06. The van der Waals surface area contributed by atoms with Gasteiger partial charge in [0.25, 0.3) is 0 Å². The second kappa shape index (κ2) is 6.22. The summed E-state index contributed by atoms with van der Waals surface area (Å²) in [7, 11) is 0. The van der Waals surface area contributed by atoms with E-state index in [-0.39, 0.29) is 6.04 Å². The third-order valence-corrected chi connectivity index (χ3v) is 4.85. The van der Waals surface area contributed by atoms with Gasteiger partial charge >= 0.3 is 0 Å². The molecular formula is C15H19ClN4S. The summed E-state index contributed by atoms with van der Waals surface area (Å²) in [4.78, 5) is 9.32. The number of hydrogen-bond acceptors (Lipinski definition) is 5. The van der Waals surface area contributed by atoms with Crippen LogP contribution in [-0.4, -0.2) is 31.2 Å². The van der Waals surface area contributed by atoms with E-state index in [0.717, 1.165) is 42.0 Å². The fourth-order valence-corrected chi connectivity index (χ4v) is 3.63. The number of hydrogen-bond donors (Lipinski definition) is 1. The van der Waals surface area contributed by atoms with Gasteiger partial charge in [-0.1, -0.05) is 17.7 Å². The van der Waals surface area contributed by atoms with E-state index in [1.54, 1.807) is 11.3 Å². The lowest BCUT2D eigenvalue weighted by Gasteiger charge is -2.36. The van der Waals surface area contributed by atoms with E-state index in [2.05, 4.69) is 26.2 Å². The van der Waals surface area contributed by atoms with Crippen molar-refractivity contribution in [2.24, 2.45) is 5.73 Å². The van der Waals surface area contributed by atoms with Crippen molar-refractivity contribution in [2.45, 2.75) is 13.0 Å². The van der Waals surface area contributed by atoms with E-state index in [1.807, 2.05) is 25.1 Å². The highest BCUT2D eigenvalue weighted by Gasteiger charge is 2.20. The molecule has 3 rings (SSSR count). The Labute approximate surface area is 134 Å². The number of anilines is 2. The van der Waals surface area contributed by atoms with E-state index in [1.165, 1.54) is 5.69 Å². The first kappa shape index (κ1) is 14.6. The molecule has 2 N–H and O–H groups in total. The Morgan fingerprint density at radius 2 is 1.95 bits per heavy atom. The zero-order valence-corrected chi connectivity index (χ0v) is 13.6. The van der Waals surface area contributed by atoms with E-state index in [0.29, 0.717) is 0 Å². The highest BCUT2D eigenvalue weighted by Crippen LogP contribution is 2.26. The Morgan fingerprint density at radius 1 is 1.24 bits per heavy atom. The fraction of sp³-hybridized carbons (Fsp3) is 0.400. The molecule has 4 nitrogen and oxygen atoms in total. The Balaban J connectivity index is 1.64. The Hall–Kier alpha value is -1.30. The van der Waals surface area contributed by atoms with Gasteiger partial charge in [-0.25, -0.2) is 4.98 Å². The van der Waals surface area contributed by atoms with Crippen LogP contribution in [-0.2, 0) is 0 Å². The van der Waals surface area contributed by atoms with Crippen molar-refractivity contribution >= 4 is 33.8 Å². The molecular weight excluding hydrogens is 304 g/mol. The van der Waals surface area contributed by atoms with Crippen molar-refractivity contribution in [3.05, 3.63) is 40.4 Å². The van der Waals surface area contributed by atoms with Gasteiger partial charge in [0, 0.05) is 48.3 Å². The standard InChI is InChI=1S/C15H19ClN4S/c1-11(17)14-10-21-15(18-14)20-7-5-19(6-8-20)13-4-2-3-12(16)9-13/h2-4,9-11H,5-8,17H2,1H3. The molecule has 1 fully saturated rings. The number of nitrogens with two attached hydrogens (primary N) is 1. The van der Waals surface area contributed by atoms with Crippen LogP contribution in [0.15, 0.2) is 29.6 Å². The van der Waals surface area contributed by atoms with Crippen molar-refractivity contribution in [1.29, 1.82) is 0 Å². The second-order valence-electron chi connectivity index (χ2n) is 5.30. The Morgan fingerprint density at radius 3 is 2.57 bits per heavy atom. The summed E-state index contributed by atoms with van der Waals surface area (Å²) in [5, 5.41) is 3.92. The van der Waals surface area contributed by atoms with Crippen LogP contribution in [0.5, 0.6) is 0 Å². The van der Waals surface area contributed by atoms with Crippen molar-refractivity contribution in [2.75, 3.05) is 36.0 Å². The largest absolute Gasteiger partial charge is 0.368 e. The molecule has 1 saturated heterocycles. The van der Waals surface area contributed by atoms with Gasteiger partial charge in [0.1, 0.15) is 0 Å². The van der Waals surface area contributed by atoms with Crippen LogP contribution in [0.1, 0.15) is 18.7 Å². The SMILES string of the molecule is CC(N)c1csc(N2CCN(c3cccc(Cl)c3)CC2)n1. The van der Waals surface area contributed by atoms with E-state index < -0.39 is 0 Å².